The Hall–Kier alpha value is -0.920. The second-order valence-electron chi connectivity index (χ2n) is 2.91. The van der Waals surface area contributed by atoms with Gasteiger partial charge in [0.2, 0.25) is 6.08 Å². The molecule has 68 valence electrons. The van der Waals surface area contributed by atoms with Crippen molar-refractivity contribution < 1.29 is 4.79 Å². The number of halogens is 1. The van der Waals surface area contributed by atoms with Gasteiger partial charge in [0.05, 0.1) is 6.54 Å². The largest absolute Gasteiger partial charge is 0.235 e. The quantitative estimate of drug-likeness (QED) is 0.577. The smallest absolute Gasteiger partial charge is 0.211 e. The summed E-state index contributed by atoms with van der Waals surface area (Å²) in [6.45, 7) is 4.47. The minimum atomic E-state index is 0.412. The maximum absolute atomic E-state index is 9.96. The van der Waals surface area contributed by atoms with E-state index >= 15 is 0 Å². The van der Waals surface area contributed by atoms with Crippen LogP contribution >= 0.6 is 15.9 Å². The molecule has 3 heteroatoms. The molecule has 0 atom stereocenters. The molecule has 1 rings (SSSR count). The van der Waals surface area contributed by atoms with Crippen molar-refractivity contribution in [1.82, 2.24) is 0 Å². The molecule has 0 heterocycles. The van der Waals surface area contributed by atoms with Crippen LogP contribution in [0, 0.1) is 13.8 Å². The lowest BCUT2D eigenvalue weighted by molar-refractivity contribution is 0.562. The average molecular weight is 240 g/mol. The highest BCUT2D eigenvalue weighted by Crippen LogP contribution is 2.20. The van der Waals surface area contributed by atoms with E-state index in [9.17, 15) is 4.79 Å². The van der Waals surface area contributed by atoms with Crippen LogP contribution in [0.2, 0.25) is 0 Å². The van der Waals surface area contributed by atoms with Gasteiger partial charge in [0.25, 0.3) is 0 Å². The first-order valence-corrected chi connectivity index (χ1v) is 4.73. The third-order valence-electron chi connectivity index (χ3n) is 2.05. The molecule has 0 bridgehead atoms. The van der Waals surface area contributed by atoms with E-state index in [1.54, 1.807) is 6.08 Å². The van der Waals surface area contributed by atoms with Gasteiger partial charge in [-0.2, -0.15) is 0 Å². The second kappa shape index (κ2) is 4.35. The summed E-state index contributed by atoms with van der Waals surface area (Å²) in [5.74, 6) is 0. The van der Waals surface area contributed by atoms with Gasteiger partial charge in [-0.3, -0.25) is 0 Å². The number of benzene rings is 1. The molecule has 0 spiro atoms. The molecule has 0 aliphatic heterocycles. The van der Waals surface area contributed by atoms with Crippen molar-refractivity contribution in [2.24, 2.45) is 4.99 Å². The van der Waals surface area contributed by atoms with E-state index in [1.807, 2.05) is 26.0 Å². The zero-order valence-corrected chi connectivity index (χ0v) is 9.18. The molecule has 0 fully saturated rings. The van der Waals surface area contributed by atoms with E-state index in [0.29, 0.717) is 6.54 Å². The van der Waals surface area contributed by atoms with E-state index in [0.717, 1.165) is 10.0 Å². The highest BCUT2D eigenvalue weighted by atomic mass is 79.9. The Morgan fingerprint density at radius 1 is 1.46 bits per heavy atom. The molecular formula is C10H10BrNO. The molecule has 0 saturated carbocycles. The number of hydrogen-bond donors (Lipinski definition) is 0. The average Bonchev–Trinajstić information content (AvgIpc) is 2.09. The van der Waals surface area contributed by atoms with Crippen molar-refractivity contribution in [3.05, 3.63) is 33.3 Å². The lowest BCUT2D eigenvalue weighted by atomic mass is 10.0. The molecule has 0 saturated heterocycles. The summed E-state index contributed by atoms with van der Waals surface area (Å²) in [5.41, 5.74) is 3.45. The third-order valence-corrected chi connectivity index (χ3v) is 2.51. The first-order valence-electron chi connectivity index (χ1n) is 3.94. The van der Waals surface area contributed by atoms with Crippen molar-refractivity contribution >= 4 is 22.0 Å². The highest BCUT2D eigenvalue weighted by Gasteiger charge is 2.01. The molecule has 13 heavy (non-hydrogen) atoms. The van der Waals surface area contributed by atoms with Gasteiger partial charge in [0, 0.05) is 4.47 Å². The molecule has 0 aliphatic rings. The van der Waals surface area contributed by atoms with Crippen LogP contribution < -0.4 is 0 Å². The van der Waals surface area contributed by atoms with Gasteiger partial charge in [-0.05, 0) is 42.7 Å². The monoisotopic (exact) mass is 239 g/mol. The Bertz CT molecular complexity index is 367. The van der Waals surface area contributed by atoms with Crippen LogP contribution in [0.1, 0.15) is 16.7 Å². The van der Waals surface area contributed by atoms with Crippen LogP contribution in [0.3, 0.4) is 0 Å². The van der Waals surface area contributed by atoms with Crippen LogP contribution in [0.15, 0.2) is 21.6 Å². The molecule has 0 unspecified atom stereocenters. The van der Waals surface area contributed by atoms with Gasteiger partial charge >= 0.3 is 0 Å². The van der Waals surface area contributed by atoms with E-state index in [1.165, 1.54) is 11.1 Å². The van der Waals surface area contributed by atoms with E-state index in [4.69, 9.17) is 0 Å². The summed E-state index contributed by atoms with van der Waals surface area (Å²) in [6.07, 6.45) is 1.54. The van der Waals surface area contributed by atoms with Crippen LogP contribution in [-0.4, -0.2) is 6.08 Å². The summed E-state index contributed by atoms with van der Waals surface area (Å²) in [5, 5.41) is 0. The zero-order valence-electron chi connectivity index (χ0n) is 7.60. The number of aliphatic imine (C=N–C) groups is 1. The minimum Gasteiger partial charge on any atom is -0.211 e. The SMILES string of the molecule is Cc1cc(Br)cc(CN=C=O)c1C. The van der Waals surface area contributed by atoms with Gasteiger partial charge in [-0.25, -0.2) is 9.79 Å². The van der Waals surface area contributed by atoms with Gasteiger partial charge < -0.3 is 0 Å². The van der Waals surface area contributed by atoms with Crippen LogP contribution in [0.25, 0.3) is 0 Å². The first kappa shape index (κ1) is 10.2. The van der Waals surface area contributed by atoms with Crippen molar-refractivity contribution in [3.8, 4) is 0 Å². The lowest BCUT2D eigenvalue weighted by Crippen LogP contribution is -1.90. The Labute approximate surface area is 85.8 Å². The van der Waals surface area contributed by atoms with Gasteiger partial charge in [0.1, 0.15) is 0 Å². The van der Waals surface area contributed by atoms with Gasteiger partial charge in [0.15, 0.2) is 0 Å². The highest BCUT2D eigenvalue weighted by molar-refractivity contribution is 9.10. The fourth-order valence-electron chi connectivity index (χ4n) is 1.17. The minimum absolute atomic E-state index is 0.412. The predicted molar refractivity (Wildman–Crippen MR) is 55.4 cm³/mol. The maximum atomic E-state index is 9.96. The Morgan fingerprint density at radius 2 is 2.15 bits per heavy atom. The molecule has 1 aromatic carbocycles. The number of isocyanates is 1. The fraction of sp³-hybridized carbons (Fsp3) is 0.300. The second-order valence-corrected chi connectivity index (χ2v) is 3.83. The summed E-state index contributed by atoms with van der Waals surface area (Å²) in [6, 6.07) is 4.02. The van der Waals surface area contributed by atoms with Crippen LogP contribution in [0.5, 0.6) is 0 Å². The van der Waals surface area contributed by atoms with Gasteiger partial charge in [-0.15, -0.1) is 0 Å². The van der Waals surface area contributed by atoms with Crippen molar-refractivity contribution in [2.75, 3.05) is 0 Å². The molecule has 0 aliphatic carbocycles. The van der Waals surface area contributed by atoms with Crippen molar-refractivity contribution in [2.45, 2.75) is 20.4 Å². The number of hydrogen-bond acceptors (Lipinski definition) is 2. The van der Waals surface area contributed by atoms with Crippen molar-refractivity contribution in [1.29, 1.82) is 0 Å². The van der Waals surface area contributed by atoms with E-state index < -0.39 is 0 Å². The Kier molecular flexibility index (Phi) is 3.40. The standard InChI is InChI=1S/C10H10BrNO/c1-7-3-10(11)4-9(8(7)2)5-12-6-13/h3-4H,5H2,1-2H3. The first-order chi connectivity index (χ1) is 6.15. The molecule has 0 aromatic heterocycles. The van der Waals surface area contributed by atoms with E-state index in [-0.39, 0.29) is 0 Å². The Morgan fingerprint density at radius 3 is 2.77 bits per heavy atom. The molecular weight excluding hydrogens is 230 g/mol. The fourth-order valence-corrected chi connectivity index (χ4v) is 1.79. The number of nitrogens with zero attached hydrogens (tertiary/aromatic N) is 1. The summed E-state index contributed by atoms with van der Waals surface area (Å²) in [7, 11) is 0. The third kappa shape index (κ3) is 2.51. The zero-order chi connectivity index (χ0) is 9.84. The van der Waals surface area contributed by atoms with E-state index in [2.05, 4.69) is 20.9 Å². The van der Waals surface area contributed by atoms with Gasteiger partial charge in [-0.1, -0.05) is 15.9 Å². The molecule has 0 radical (unpaired) electrons. The summed E-state index contributed by atoms with van der Waals surface area (Å²) >= 11 is 3.40. The normalized spacial score (nSPS) is 9.46. The number of carbonyl (C=O) groups excluding carboxylic acids is 1. The van der Waals surface area contributed by atoms with Crippen LogP contribution in [-0.2, 0) is 11.3 Å². The van der Waals surface area contributed by atoms with Crippen LogP contribution in [0.4, 0.5) is 0 Å². The number of aryl methyl sites for hydroxylation is 1. The molecule has 1 aromatic rings. The molecule has 2 nitrogen and oxygen atoms in total. The topological polar surface area (TPSA) is 29.4 Å². The molecule has 0 amide bonds. The van der Waals surface area contributed by atoms with Crippen molar-refractivity contribution in [3.63, 3.8) is 0 Å². The summed E-state index contributed by atoms with van der Waals surface area (Å²) in [4.78, 5) is 13.5. The predicted octanol–water partition coefficient (Wildman–Crippen LogP) is 2.90. The lowest BCUT2D eigenvalue weighted by Gasteiger charge is -2.06. The Balaban J connectivity index is 3.12. The molecule has 0 N–H and O–H groups in total. The number of rotatable bonds is 2. The summed E-state index contributed by atoms with van der Waals surface area (Å²) < 4.78 is 1.02. The maximum Gasteiger partial charge on any atom is 0.235 e.